The zero-order chi connectivity index (χ0) is 19.1. The maximum atomic E-state index is 12.5. The van der Waals surface area contributed by atoms with E-state index in [-0.39, 0.29) is 17.7 Å². The lowest BCUT2D eigenvalue weighted by Gasteiger charge is -2.16. The second-order valence-corrected chi connectivity index (χ2v) is 5.96. The van der Waals surface area contributed by atoms with E-state index < -0.39 is 12.6 Å². The SMILES string of the molecule is CCOc1cc(C(=O)NC(C)c2ccc(Cl)cc2)ccc1OCC(=O)O. The second kappa shape index (κ2) is 9.10. The number of nitrogens with one attached hydrogen (secondary N) is 1. The second-order valence-electron chi connectivity index (χ2n) is 5.52. The van der Waals surface area contributed by atoms with Crippen molar-refractivity contribution in [1.29, 1.82) is 0 Å². The fourth-order valence-electron chi connectivity index (χ4n) is 2.29. The third-order valence-corrected chi connectivity index (χ3v) is 3.83. The number of carbonyl (C=O) groups is 2. The molecule has 2 N–H and O–H groups in total. The molecule has 1 unspecified atom stereocenters. The van der Waals surface area contributed by atoms with Crippen LogP contribution in [0.1, 0.15) is 35.8 Å². The number of hydrogen-bond acceptors (Lipinski definition) is 4. The number of carbonyl (C=O) groups excluding carboxylic acids is 1. The highest BCUT2D eigenvalue weighted by Crippen LogP contribution is 2.29. The van der Waals surface area contributed by atoms with Gasteiger partial charge in [0.15, 0.2) is 18.1 Å². The molecular weight excluding hydrogens is 358 g/mol. The van der Waals surface area contributed by atoms with Gasteiger partial charge < -0.3 is 19.9 Å². The molecule has 0 aliphatic rings. The van der Waals surface area contributed by atoms with E-state index in [0.717, 1.165) is 5.56 Å². The van der Waals surface area contributed by atoms with Gasteiger partial charge in [-0.2, -0.15) is 0 Å². The smallest absolute Gasteiger partial charge is 0.341 e. The molecule has 1 atom stereocenters. The molecule has 0 spiro atoms. The number of carboxylic acid groups (broad SMARTS) is 1. The molecule has 2 aromatic carbocycles. The van der Waals surface area contributed by atoms with Gasteiger partial charge in [-0.15, -0.1) is 0 Å². The van der Waals surface area contributed by atoms with E-state index in [0.29, 0.717) is 22.9 Å². The monoisotopic (exact) mass is 377 g/mol. The van der Waals surface area contributed by atoms with Crippen LogP contribution in [0.15, 0.2) is 42.5 Å². The summed E-state index contributed by atoms with van der Waals surface area (Å²) in [6.45, 7) is 3.53. The van der Waals surface area contributed by atoms with E-state index in [9.17, 15) is 9.59 Å². The summed E-state index contributed by atoms with van der Waals surface area (Å²) >= 11 is 5.88. The Morgan fingerprint density at radius 1 is 1.12 bits per heavy atom. The van der Waals surface area contributed by atoms with Crippen LogP contribution in [0, 0.1) is 0 Å². The van der Waals surface area contributed by atoms with Gasteiger partial charge >= 0.3 is 5.97 Å². The Morgan fingerprint density at radius 2 is 1.81 bits per heavy atom. The summed E-state index contributed by atoms with van der Waals surface area (Å²) in [4.78, 5) is 23.2. The number of amides is 1. The molecule has 6 nitrogen and oxygen atoms in total. The van der Waals surface area contributed by atoms with E-state index in [4.69, 9.17) is 26.2 Å². The molecule has 0 aliphatic carbocycles. The maximum absolute atomic E-state index is 12.5. The minimum atomic E-state index is -1.09. The summed E-state index contributed by atoms with van der Waals surface area (Å²) in [6.07, 6.45) is 0. The van der Waals surface area contributed by atoms with Gasteiger partial charge in [-0.25, -0.2) is 4.79 Å². The molecule has 0 heterocycles. The first-order valence-electron chi connectivity index (χ1n) is 8.08. The van der Waals surface area contributed by atoms with Crippen LogP contribution in [0.3, 0.4) is 0 Å². The largest absolute Gasteiger partial charge is 0.490 e. The van der Waals surface area contributed by atoms with Crippen LogP contribution in [-0.4, -0.2) is 30.2 Å². The Morgan fingerprint density at radius 3 is 2.42 bits per heavy atom. The van der Waals surface area contributed by atoms with Crippen molar-refractivity contribution in [2.24, 2.45) is 0 Å². The van der Waals surface area contributed by atoms with Crippen LogP contribution < -0.4 is 14.8 Å². The number of ether oxygens (including phenoxy) is 2. The lowest BCUT2D eigenvalue weighted by molar-refractivity contribution is -0.139. The highest BCUT2D eigenvalue weighted by molar-refractivity contribution is 6.30. The summed E-state index contributed by atoms with van der Waals surface area (Å²) in [6, 6.07) is 11.6. The van der Waals surface area contributed by atoms with Crippen molar-refractivity contribution >= 4 is 23.5 Å². The molecule has 0 radical (unpaired) electrons. The minimum Gasteiger partial charge on any atom is -0.490 e. The normalized spacial score (nSPS) is 11.5. The molecular formula is C19H20ClNO5. The van der Waals surface area contributed by atoms with Crippen LogP contribution in [0.5, 0.6) is 11.5 Å². The standard InChI is InChI=1S/C19H20ClNO5/c1-3-25-17-10-14(6-9-16(17)26-11-18(22)23)19(24)21-12(2)13-4-7-15(20)8-5-13/h4-10,12H,3,11H2,1-2H3,(H,21,24)(H,22,23). The highest BCUT2D eigenvalue weighted by atomic mass is 35.5. The van der Waals surface area contributed by atoms with E-state index in [1.54, 1.807) is 25.1 Å². The number of hydrogen-bond donors (Lipinski definition) is 2. The molecule has 2 aromatic rings. The third kappa shape index (κ3) is 5.39. The summed E-state index contributed by atoms with van der Waals surface area (Å²) in [5.74, 6) is -0.777. The molecule has 0 aromatic heterocycles. The molecule has 138 valence electrons. The predicted octanol–water partition coefficient (Wildman–Crippen LogP) is 3.69. The minimum absolute atomic E-state index is 0.210. The lowest BCUT2D eigenvalue weighted by Crippen LogP contribution is -2.26. The average molecular weight is 378 g/mol. The molecule has 2 rings (SSSR count). The number of halogens is 1. The van der Waals surface area contributed by atoms with Gasteiger partial charge in [-0.05, 0) is 49.7 Å². The fraction of sp³-hybridized carbons (Fsp3) is 0.263. The number of benzene rings is 2. The summed E-state index contributed by atoms with van der Waals surface area (Å²) in [5, 5.41) is 12.3. The molecule has 0 saturated heterocycles. The van der Waals surface area contributed by atoms with Gasteiger partial charge in [0.1, 0.15) is 0 Å². The van der Waals surface area contributed by atoms with Gasteiger partial charge in [-0.3, -0.25) is 4.79 Å². The number of rotatable bonds is 8. The van der Waals surface area contributed by atoms with Crippen molar-refractivity contribution in [3.8, 4) is 11.5 Å². The summed E-state index contributed by atoms with van der Waals surface area (Å²) in [7, 11) is 0. The molecule has 7 heteroatoms. The van der Waals surface area contributed by atoms with Crippen molar-refractivity contribution in [1.82, 2.24) is 5.32 Å². The topological polar surface area (TPSA) is 84.9 Å². The quantitative estimate of drug-likeness (QED) is 0.732. The zero-order valence-electron chi connectivity index (χ0n) is 14.5. The van der Waals surface area contributed by atoms with E-state index in [1.807, 2.05) is 19.1 Å². The van der Waals surface area contributed by atoms with Crippen molar-refractivity contribution in [3.05, 3.63) is 58.6 Å². The van der Waals surface area contributed by atoms with Gasteiger partial charge in [-0.1, -0.05) is 23.7 Å². The Balaban J connectivity index is 2.13. The van der Waals surface area contributed by atoms with Crippen LogP contribution in [-0.2, 0) is 4.79 Å². The van der Waals surface area contributed by atoms with Crippen LogP contribution in [0.25, 0.3) is 0 Å². The Hall–Kier alpha value is -2.73. The van der Waals surface area contributed by atoms with Gasteiger partial charge in [0, 0.05) is 10.6 Å². The summed E-state index contributed by atoms with van der Waals surface area (Å²) < 4.78 is 10.6. The van der Waals surface area contributed by atoms with E-state index in [2.05, 4.69) is 5.32 Å². The average Bonchev–Trinajstić information content (AvgIpc) is 2.61. The first-order chi connectivity index (χ1) is 12.4. The van der Waals surface area contributed by atoms with Crippen molar-refractivity contribution < 1.29 is 24.2 Å². The van der Waals surface area contributed by atoms with Crippen LogP contribution >= 0.6 is 11.6 Å². The zero-order valence-corrected chi connectivity index (χ0v) is 15.2. The van der Waals surface area contributed by atoms with Crippen molar-refractivity contribution in [2.75, 3.05) is 13.2 Å². The maximum Gasteiger partial charge on any atom is 0.341 e. The third-order valence-electron chi connectivity index (χ3n) is 3.57. The number of aliphatic carboxylic acids is 1. The van der Waals surface area contributed by atoms with E-state index >= 15 is 0 Å². The predicted molar refractivity (Wildman–Crippen MR) is 98.1 cm³/mol. The Kier molecular flexibility index (Phi) is 6.86. The Bertz CT molecular complexity index is 776. The van der Waals surface area contributed by atoms with Gasteiger partial charge in [0.25, 0.3) is 5.91 Å². The first kappa shape index (κ1) is 19.6. The van der Waals surface area contributed by atoms with E-state index in [1.165, 1.54) is 12.1 Å². The molecule has 1 amide bonds. The van der Waals surface area contributed by atoms with Gasteiger partial charge in [0.05, 0.1) is 12.6 Å². The van der Waals surface area contributed by atoms with Crippen molar-refractivity contribution in [2.45, 2.75) is 19.9 Å². The fourth-order valence-corrected chi connectivity index (χ4v) is 2.42. The van der Waals surface area contributed by atoms with Crippen LogP contribution in [0.2, 0.25) is 5.02 Å². The first-order valence-corrected chi connectivity index (χ1v) is 8.46. The van der Waals surface area contributed by atoms with Crippen molar-refractivity contribution in [3.63, 3.8) is 0 Å². The highest BCUT2D eigenvalue weighted by Gasteiger charge is 2.15. The molecule has 0 fully saturated rings. The Labute approximate surface area is 156 Å². The molecule has 0 saturated carbocycles. The molecule has 26 heavy (non-hydrogen) atoms. The molecule has 0 bridgehead atoms. The lowest BCUT2D eigenvalue weighted by atomic mass is 10.1. The van der Waals surface area contributed by atoms with Gasteiger partial charge in [0.2, 0.25) is 0 Å². The number of carboxylic acids is 1. The summed E-state index contributed by atoms with van der Waals surface area (Å²) in [5.41, 5.74) is 1.31. The molecule has 0 aliphatic heterocycles. The van der Waals surface area contributed by atoms with Crippen LogP contribution in [0.4, 0.5) is 0 Å².